The molecule has 104 valence electrons. The summed E-state index contributed by atoms with van der Waals surface area (Å²) in [5, 5.41) is 4.17. The molecule has 2 N–H and O–H groups in total. The number of aromatic nitrogens is 2. The van der Waals surface area contributed by atoms with Gasteiger partial charge >= 0.3 is 0 Å². The van der Waals surface area contributed by atoms with Crippen LogP contribution in [0.1, 0.15) is 57.6 Å². The first-order valence-corrected chi connectivity index (χ1v) is 7.01. The average Bonchev–Trinajstić information content (AvgIpc) is 2.74. The summed E-state index contributed by atoms with van der Waals surface area (Å²) in [7, 11) is 1.91. The van der Waals surface area contributed by atoms with Gasteiger partial charge in [0.25, 0.3) is 0 Å². The summed E-state index contributed by atoms with van der Waals surface area (Å²) in [5.41, 5.74) is 7.05. The van der Waals surface area contributed by atoms with Crippen molar-refractivity contribution in [1.82, 2.24) is 9.78 Å². The quantitative estimate of drug-likeness (QED) is 0.688. The summed E-state index contributed by atoms with van der Waals surface area (Å²) in [6.07, 6.45) is 10.0. The van der Waals surface area contributed by atoms with Crippen LogP contribution in [0.5, 0.6) is 0 Å². The fourth-order valence-corrected chi connectivity index (χ4v) is 2.05. The van der Waals surface area contributed by atoms with Crippen LogP contribution in [0.15, 0.2) is 12.4 Å². The summed E-state index contributed by atoms with van der Waals surface area (Å²) >= 11 is 0. The van der Waals surface area contributed by atoms with E-state index in [0.29, 0.717) is 0 Å². The Morgan fingerprint density at radius 2 is 2.06 bits per heavy atom. The molecule has 4 nitrogen and oxygen atoms in total. The third-order valence-electron chi connectivity index (χ3n) is 3.08. The average molecular weight is 253 g/mol. The Bertz CT molecular complexity index is 323. The fourth-order valence-electron chi connectivity index (χ4n) is 2.05. The molecular formula is C14H27N3O. The third-order valence-corrected chi connectivity index (χ3v) is 3.08. The van der Waals surface area contributed by atoms with Crippen molar-refractivity contribution < 1.29 is 4.74 Å². The van der Waals surface area contributed by atoms with Crippen molar-refractivity contribution in [2.45, 2.75) is 58.1 Å². The molecule has 0 aliphatic heterocycles. The second-order valence-electron chi connectivity index (χ2n) is 5.01. The Kier molecular flexibility index (Phi) is 6.98. The molecule has 1 rings (SSSR count). The van der Waals surface area contributed by atoms with Gasteiger partial charge in [-0.1, -0.05) is 32.6 Å². The van der Waals surface area contributed by atoms with Crippen LogP contribution in [0.4, 0.5) is 0 Å². The number of rotatable bonds is 9. The van der Waals surface area contributed by atoms with Gasteiger partial charge in [0.1, 0.15) is 6.10 Å². The van der Waals surface area contributed by atoms with Gasteiger partial charge in [-0.15, -0.1) is 0 Å². The summed E-state index contributed by atoms with van der Waals surface area (Å²) in [6, 6.07) is -0.00941. The topological polar surface area (TPSA) is 53.1 Å². The lowest BCUT2D eigenvalue weighted by atomic mass is 10.1. The lowest BCUT2D eigenvalue weighted by molar-refractivity contribution is 0.0358. The zero-order chi connectivity index (χ0) is 13.4. The smallest absolute Gasteiger partial charge is 0.100 e. The monoisotopic (exact) mass is 253 g/mol. The molecule has 0 aliphatic carbocycles. The highest BCUT2D eigenvalue weighted by Gasteiger charge is 2.18. The Hall–Kier alpha value is -0.870. The van der Waals surface area contributed by atoms with Gasteiger partial charge in [0.2, 0.25) is 0 Å². The molecule has 0 bridgehead atoms. The second-order valence-corrected chi connectivity index (χ2v) is 5.01. The molecule has 1 aromatic heterocycles. The van der Waals surface area contributed by atoms with Crippen molar-refractivity contribution >= 4 is 0 Å². The van der Waals surface area contributed by atoms with E-state index in [0.717, 1.165) is 18.6 Å². The van der Waals surface area contributed by atoms with Gasteiger partial charge in [0.05, 0.1) is 6.20 Å². The largest absolute Gasteiger partial charge is 0.372 e. The standard InChI is InChI=1S/C14H27N3O/c1-4-5-6-7-8-9-18-14(12(2)15)13-10-16-17(3)11-13/h10-12,14H,4-9,15H2,1-3H3. The minimum atomic E-state index is -0.0372. The van der Waals surface area contributed by atoms with Crippen molar-refractivity contribution in [3.8, 4) is 0 Å². The minimum absolute atomic E-state index is 0.00941. The van der Waals surface area contributed by atoms with E-state index >= 15 is 0 Å². The van der Waals surface area contributed by atoms with Crippen LogP contribution in [0, 0.1) is 0 Å². The normalized spacial score (nSPS) is 14.7. The van der Waals surface area contributed by atoms with Crippen LogP contribution in [-0.4, -0.2) is 22.4 Å². The maximum Gasteiger partial charge on any atom is 0.100 e. The molecule has 0 radical (unpaired) electrons. The van der Waals surface area contributed by atoms with Gasteiger partial charge < -0.3 is 10.5 Å². The predicted octanol–water partition coefficient (Wildman–Crippen LogP) is 2.80. The first-order valence-electron chi connectivity index (χ1n) is 7.01. The summed E-state index contributed by atoms with van der Waals surface area (Å²) in [4.78, 5) is 0. The van der Waals surface area contributed by atoms with Crippen molar-refractivity contribution in [3.05, 3.63) is 18.0 Å². The highest BCUT2D eigenvalue weighted by atomic mass is 16.5. The Labute approximate surface area is 111 Å². The van der Waals surface area contributed by atoms with Gasteiger partial charge in [-0.2, -0.15) is 5.10 Å². The van der Waals surface area contributed by atoms with Crippen molar-refractivity contribution in [3.63, 3.8) is 0 Å². The maximum atomic E-state index is 5.98. The molecule has 0 saturated heterocycles. The van der Waals surface area contributed by atoms with E-state index in [1.807, 2.05) is 26.4 Å². The number of hydrogen-bond donors (Lipinski definition) is 1. The molecule has 2 unspecified atom stereocenters. The van der Waals surface area contributed by atoms with Crippen molar-refractivity contribution in [1.29, 1.82) is 0 Å². The van der Waals surface area contributed by atoms with Crippen molar-refractivity contribution in [2.24, 2.45) is 12.8 Å². The van der Waals surface area contributed by atoms with Crippen LogP contribution in [0.2, 0.25) is 0 Å². The number of nitrogens with zero attached hydrogens (tertiary/aromatic N) is 2. The first kappa shape index (κ1) is 15.2. The highest BCUT2D eigenvalue weighted by Crippen LogP contribution is 2.20. The SMILES string of the molecule is CCCCCCCOC(c1cnn(C)c1)C(C)N. The summed E-state index contributed by atoms with van der Waals surface area (Å²) < 4.78 is 7.69. The van der Waals surface area contributed by atoms with Crippen LogP contribution in [0.25, 0.3) is 0 Å². The van der Waals surface area contributed by atoms with E-state index in [1.54, 1.807) is 4.68 Å². The molecule has 1 heterocycles. The zero-order valence-electron chi connectivity index (χ0n) is 11.9. The highest BCUT2D eigenvalue weighted by molar-refractivity contribution is 5.10. The lowest BCUT2D eigenvalue weighted by Gasteiger charge is -2.20. The summed E-state index contributed by atoms with van der Waals surface area (Å²) in [5.74, 6) is 0. The molecule has 2 atom stereocenters. The van der Waals surface area contributed by atoms with Gasteiger partial charge in [0.15, 0.2) is 0 Å². The van der Waals surface area contributed by atoms with Crippen LogP contribution < -0.4 is 5.73 Å². The molecule has 0 saturated carbocycles. The Morgan fingerprint density at radius 1 is 1.33 bits per heavy atom. The van der Waals surface area contributed by atoms with Crippen LogP contribution in [0.3, 0.4) is 0 Å². The number of hydrogen-bond acceptors (Lipinski definition) is 3. The van der Waals surface area contributed by atoms with Crippen molar-refractivity contribution in [2.75, 3.05) is 6.61 Å². The Morgan fingerprint density at radius 3 is 2.61 bits per heavy atom. The number of nitrogens with two attached hydrogens (primary N) is 1. The van der Waals surface area contributed by atoms with E-state index < -0.39 is 0 Å². The van der Waals surface area contributed by atoms with Crippen LogP contribution in [-0.2, 0) is 11.8 Å². The number of unbranched alkanes of at least 4 members (excludes halogenated alkanes) is 4. The van der Waals surface area contributed by atoms with E-state index in [1.165, 1.54) is 25.7 Å². The summed E-state index contributed by atoms with van der Waals surface area (Å²) in [6.45, 7) is 4.99. The van der Waals surface area contributed by atoms with Crippen LogP contribution >= 0.6 is 0 Å². The number of aryl methyl sites for hydroxylation is 1. The molecule has 0 fully saturated rings. The molecular weight excluding hydrogens is 226 g/mol. The van der Waals surface area contributed by atoms with E-state index in [9.17, 15) is 0 Å². The number of ether oxygens (including phenoxy) is 1. The predicted molar refractivity (Wildman–Crippen MR) is 74.3 cm³/mol. The minimum Gasteiger partial charge on any atom is -0.372 e. The molecule has 0 amide bonds. The molecule has 1 aromatic rings. The van der Waals surface area contributed by atoms with Gasteiger partial charge in [0, 0.05) is 31.5 Å². The molecule has 0 aromatic carbocycles. The van der Waals surface area contributed by atoms with Gasteiger partial charge in [-0.25, -0.2) is 0 Å². The molecule has 18 heavy (non-hydrogen) atoms. The van der Waals surface area contributed by atoms with Gasteiger partial charge in [-0.3, -0.25) is 4.68 Å². The second kappa shape index (κ2) is 8.27. The van der Waals surface area contributed by atoms with Gasteiger partial charge in [-0.05, 0) is 13.3 Å². The van der Waals surface area contributed by atoms with E-state index in [2.05, 4.69) is 12.0 Å². The third kappa shape index (κ3) is 5.19. The Balaban J connectivity index is 2.31. The lowest BCUT2D eigenvalue weighted by Crippen LogP contribution is -2.27. The zero-order valence-corrected chi connectivity index (χ0v) is 11.9. The first-order chi connectivity index (χ1) is 8.65. The van der Waals surface area contributed by atoms with E-state index in [-0.39, 0.29) is 12.1 Å². The molecule has 4 heteroatoms. The maximum absolute atomic E-state index is 5.98. The van der Waals surface area contributed by atoms with E-state index in [4.69, 9.17) is 10.5 Å². The fraction of sp³-hybridized carbons (Fsp3) is 0.786. The molecule has 0 aliphatic rings. The molecule has 0 spiro atoms.